The normalized spacial score (nSPS) is 23.4. The monoisotopic (exact) mass is 779 g/mol. The number of halogens is 2. The summed E-state index contributed by atoms with van der Waals surface area (Å²) in [7, 11) is 1.84. The smallest absolute Gasteiger partial charge is 0.280 e. The van der Waals surface area contributed by atoms with Gasteiger partial charge in [0.25, 0.3) is 5.91 Å². The van der Waals surface area contributed by atoms with Crippen LogP contribution in [-0.4, -0.2) is 93.2 Å². The highest BCUT2D eigenvalue weighted by atomic mass is 19.1. The molecule has 0 spiro atoms. The minimum Gasteiger partial charge on any atom is -0.477 e. The molecule has 2 fully saturated rings. The summed E-state index contributed by atoms with van der Waals surface area (Å²) in [5.74, 6) is -0.422. The second-order valence-corrected chi connectivity index (χ2v) is 16.7. The molecule has 300 valence electrons. The molecule has 2 bridgehead atoms. The molecule has 57 heavy (non-hydrogen) atoms. The van der Waals surface area contributed by atoms with E-state index in [4.69, 9.17) is 9.72 Å². The Morgan fingerprint density at radius 1 is 1.00 bits per heavy atom. The maximum Gasteiger partial charge on any atom is 0.280 e. The second kappa shape index (κ2) is 15.2. The third-order valence-electron chi connectivity index (χ3n) is 12.1. The van der Waals surface area contributed by atoms with Crippen molar-refractivity contribution in [2.75, 3.05) is 54.4 Å². The zero-order valence-electron chi connectivity index (χ0n) is 33.6. The van der Waals surface area contributed by atoms with Crippen molar-refractivity contribution < 1.29 is 23.1 Å². The Balaban J connectivity index is 0.977. The van der Waals surface area contributed by atoms with Crippen LogP contribution >= 0.6 is 0 Å². The van der Waals surface area contributed by atoms with Gasteiger partial charge in [0.2, 0.25) is 17.7 Å². The van der Waals surface area contributed by atoms with Crippen LogP contribution in [0.25, 0.3) is 11.3 Å². The van der Waals surface area contributed by atoms with Crippen molar-refractivity contribution in [2.24, 2.45) is 23.9 Å². The van der Waals surface area contributed by atoms with Crippen molar-refractivity contribution in [1.82, 2.24) is 24.6 Å². The van der Waals surface area contributed by atoms with Crippen LogP contribution in [0, 0.1) is 30.4 Å². The number of aromatic nitrogens is 3. The highest BCUT2D eigenvalue weighted by Gasteiger charge is 2.47. The number of ether oxygens (including phenoxy) is 1. The molecule has 4 aromatic rings. The van der Waals surface area contributed by atoms with Gasteiger partial charge < -0.3 is 24.8 Å². The number of pyridine rings is 1. The summed E-state index contributed by atoms with van der Waals surface area (Å²) >= 11 is 0. The number of aryl methyl sites for hydroxylation is 2. The van der Waals surface area contributed by atoms with E-state index in [0.29, 0.717) is 86.8 Å². The summed E-state index contributed by atoms with van der Waals surface area (Å²) in [5, 5.41) is 7.84. The number of amides is 2. The van der Waals surface area contributed by atoms with E-state index in [0.717, 1.165) is 41.4 Å². The zero-order valence-corrected chi connectivity index (χ0v) is 33.6. The first kappa shape index (κ1) is 38.5. The fourth-order valence-electron chi connectivity index (χ4n) is 9.00. The molecule has 14 heteroatoms. The van der Waals surface area contributed by atoms with Crippen molar-refractivity contribution in [1.29, 1.82) is 0 Å². The molecule has 2 aromatic carbocycles. The number of carbonyl (C=O) groups excluding carboxylic acids is 2. The number of guanidine groups is 1. The standard InChI is InChI=1S/C43H51F2N9O3/c1-26-8-7-15-57-41-34(22-46-50(41)6)37-18-30(16-27(2)47-37)39(55)49-42-48-36-10-9-29(17-38(36)53(42)23-26)25-51-13-14-52(24-28(51)3)40(56)35-11-12-54(43(35,4)5)33-20-31(44)19-32(45)21-33/h9-10,16-22,26,28,35H,7-8,11-15,23-25H2,1-6H3,(H,48,49,55)/t26-,28?,35?/m1/s1. The zero-order chi connectivity index (χ0) is 40.2. The number of anilines is 3. The van der Waals surface area contributed by atoms with Crippen molar-refractivity contribution >= 4 is 34.8 Å². The SMILES string of the molecule is Cc1cc2cc(n1)-c1cnn(C)c1OCCC[C@@H](C)CN1/C(=N/C2=O)Nc2ccc(CN3CCN(C(=O)C4CCN(c5cc(F)cc(F)c5)C4(C)C)CC3C)cc21. The highest BCUT2D eigenvalue weighted by Crippen LogP contribution is 2.41. The van der Waals surface area contributed by atoms with E-state index in [2.05, 4.69) is 57.3 Å². The predicted molar refractivity (Wildman–Crippen MR) is 217 cm³/mol. The Morgan fingerprint density at radius 2 is 1.79 bits per heavy atom. The molecule has 4 aliphatic rings. The lowest BCUT2D eigenvalue weighted by Gasteiger charge is -2.43. The number of carbonyl (C=O) groups is 2. The average Bonchev–Trinajstić information content (AvgIpc) is 3.80. The van der Waals surface area contributed by atoms with Crippen LogP contribution in [0.1, 0.15) is 68.6 Å². The van der Waals surface area contributed by atoms with Gasteiger partial charge in [0.05, 0.1) is 41.4 Å². The predicted octanol–water partition coefficient (Wildman–Crippen LogP) is 6.64. The molecule has 4 aliphatic heterocycles. The van der Waals surface area contributed by atoms with Crippen LogP contribution in [0.4, 0.5) is 25.8 Å². The van der Waals surface area contributed by atoms with Crippen molar-refractivity contribution in [3.8, 4) is 17.1 Å². The van der Waals surface area contributed by atoms with Crippen LogP contribution in [0.3, 0.4) is 0 Å². The van der Waals surface area contributed by atoms with Crippen molar-refractivity contribution in [3.05, 3.63) is 83.2 Å². The number of fused-ring (bicyclic) bond motifs is 7. The molecule has 2 aromatic heterocycles. The fraction of sp³-hybridized carbons (Fsp3) is 0.465. The number of hydrogen-bond acceptors (Lipinski definition) is 9. The molecule has 6 heterocycles. The molecular weight excluding hydrogens is 729 g/mol. The molecule has 3 atom stereocenters. The Labute approximate surface area is 332 Å². The summed E-state index contributed by atoms with van der Waals surface area (Å²) in [4.78, 5) is 45.7. The van der Waals surface area contributed by atoms with E-state index in [9.17, 15) is 18.4 Å². The summed E-state index contributed by atoms with van der Waals surface area (Å²) in [5.41, 5.74) is 5.34. The average molecular weight is 780 g/mol. The summed E-state index contributed by atoms with van der Waals surface area (Å²) in [6.07, 6.45) is 4.09. The quantitative estimate of drug-likeness (QED) is 0.244. The Morgan fingerprint density at radius 3 is 2.56 bits per heavy atom. The van der Waals surface area contributed by atoms with Crippen LogP contribution in [-0.2, 0) is 18.4 Å². The maximum atomic E-state index is 14.1. The Bertz CT molecular complexity index is 2220. The van der Waals surface area contributed by atoms with Crippen LogP contribution < -0.4 is 19.9 Å². The first-order chi connectivity index (χ1) is 27.2. The number of benzene rings is 2. The van der Waals surface area contributed by atoms with Gasteiger partial charge in [-0.15, -0.1) is 0 Å². The maximum absolute atomic E-state index is 14.1. The number of nitrogens with one attached hydrogen (secondary N) is 1. The van der Waals surface area contributed by atoms with Gasteiger partial charge in [0.1, 0.15) is 11.6 Å². The van der Waals surface area contributed by atoms with E-state index in [-0.39, 0.29) is 29.7 Å². The molecule has 0 aliphatic carbocycles. The molecule has 8 rings (SSSR count). The third-order valence-corrected chi connectivity index (χ3v) is 12.1. The van der Waals surface area contributed by atoms with Crippen LogP contribution in [0.2, 0.25) is 0 Å². The number of aliphatic imine (C=N–C) groups is 1. The topological polar surface area (TPSA) is 111 Å². The second-order valence-electron chi connectivity index (χ2n) is 16.7. The van der Waals surface area contributed by atoms with Crippen LogP contribution in [0.5, 0.6) is 5.88 Å². The Kier molecular flexibility index (Phi) is 10.3. The van der Waals surface area contributed by atoms with E-state index < -0.39 is 17.2 Å². The summed E-state index contributed by atoms with van der Waals surface area (Å²) in [6.45, 7) is 14.5. The fourth-order valence-corrected chi connectivity index (χ4v) is 9.00. The number of piperazine rings is 1. The first-order valence-corrected chi connectivity index (χ1v) is 20.0. The van der Waals surface area contributed by atoms with Gasteiger partial charge in [-0.1, -0.05) is 13.0 Å². The summed E-state index contributed by atoms with van der Waals surface area (Å²) in [6, 6.07) is 13.5. The molecule has 2 unspecified atom stereocenters. The van der Waals surface area contributed by atoms with Gasteiger partial charge in [-0.05, 0) is 94.8 Å². The Hall–Kier alpha value is -5.37. The number of rotatable bonds is 4. The van der Waals surface area contributed by atoms with E-state index in [1.165, 1.54) is 12.1 Å². The molecule has 0 saturated carbocycles. The van der Waals surface area contributed by atoms with Gasteiger partial charge >= 0.3 is 0 Å². The number of hydrogen-bond donors (Lipinski definition) is 1. The third kappa shape index (κ3) is 7.59. The number of nitrogens with zero attached hydrogens (tertiary/aromatic N) is 8. The van der Waals surface area contributed by atoms with Crippen LogP contribution in [0.15, 0.2) is 59.7 Å². The highest BCUT2D eigenvalue weighted by molar-refractivity contribution is 6.19. The van der Waals surface area contributed by atoms with Crippen molar-refractivity contribution in [2.45, 2.75) is 72.0 Å². The van der Waals surface area contributed by atoms with E-state index in [1.54, 1.807) is 23.0 Å². The molecule has 2 amide bonds. The minimum absolute atomic E-state index is 0.0912. The van der Waals surface area contributed by atoms with Crippen molar-refractivity contribution in [3.63, 3.8) is 0 Å². The van der Waals surface area contributed by atoms with Gasteiger partial charge in [0.15, 0.2) is 0 Å². The lowest BCUT2D eigenvalue weighted by molar-refractivity contribution is -0.139. The molecule has 2 saturated heterocycles. The van der Waals surface area contributed by atoms with Gasteiger partial charge in [-0.2, -0.15) is 10.1 Å². The molecule has 12 nitrogen and oxygen atoms in total. The lowest BCUT2D eigenvalue weighted by atomic mass is 9.86. The molecule has 0 radical (unpaired) electrons. The molecule has 1 N–H and O–H groups in total. The largest absolute Gasteiger partial charge is 0.477 e. The minimum atomic E-state index is -0.623. The van der Waals surface area contributed by atoms with Gasteiger partial charge in [0, 0.05) is 80.9 Å². The first-order valence-electron chi connectivity index (χ1n) is 20.0. The molecular formula is C43H51F2N9O3. The lowest BCUT2D eigenvalue weighted by Crippen LogP contribution is -2.56. The van der Waals surface area contributed by atoms with Gasteiger partial charge in [-0.25, -0.2) is 13.5 Å². The van der Waals surface area contributed by atoms with E-state index in [1.807, 2.05) is 37.6 Å². The van der Waals surface area contributed by atoms with E-state index >= 15 is 0 Å². The van der Waals surface area contributed by atoms with Gasteiger partial charge in [-0.3, -0.25) is 19.5 Å². The summed E-state index contributed by atoms with van der Waals surface area (Å²) < 4.78 is 36.2.